The van der Waals surface area contributed by atoms with Gasteiger partial charge in [0, 0.05) is 6.42 Å². The first-order chi connectivity index (χ1) is 13.1. The van der Waals surface area contributed by atoms with Crippen molar-refractivity contribution in [1.82, 2.24) is 4.98 Å². The highest BCUT2D eigenvalue weighted by Gasteiger charge is 2.24. The molecule has 1 heterocycles. The number of fused-ring (bicyclic) bond motifs is 1. The van der Waals surface area contributed by atoms with Crippen LogP contribution in [0.15, 0.2) is 42.5 Å². The minimum absolute atomic E-state index is 0.0549. The van der Waals surface area contributed by atoms with Gasteiger partial charge in [-0.05, 0) is 42.7 Å². The van der Waals surface area contributed by atoms with Crippen LogP contribution in [0.3, 0.4) is 0 Å². The number of amides is 1. The molecule has 6 heteroatoms. The summed E-state index contributed by atoms with van der Waals surface area (Å²) in [5, 5.41) is 1.58. The minimum Gasteiger partial charge on any atom is -0.274 e. The summed E-state index contributed by atoms with van der Waals surface area (Å²) in [5.41, 5.74) is 1.60. The maximum absolute atomic E-state index is 13.2. The number of para-hydroxylation sites is 1. The number of rotatable bonds is 5. The molecule has 0 atom stereocenters. The quantitative estimate of drug-likeness (QED) is 0.437. The van der Waals surface area contributed by atoms with Gasteiger partial charge < -0.3 is 0 Å². The number of anilines is 2. The topological polar surface area (TPSA) is 33.2 Å². The molecule has 0 bridgehead atoms. The first-order valence-corrected chi connectivity index (χ1v) is 10.8. The standard InChI is InChI=1S/C21H20Cl2N2OS/c22-16-11-10-15(13-17(16)23)25(20(26)12-9-14-5-1-2-6-14)21-24-18-7-3-4-8-19(18)27-21/h3-4,7-8,10-11,13-14H,1-2,5-6,9,12H2. The molecule has 1 aromatic heterocycles. The van der Waals surface area contributed by atoms with E-state index in [0.717, 1.165) is 16.6 Å². The molecule has 1 aliphatic rings. The number of carbonyl (C=O) groups is 1. The van der Waals surface area contributed by atoms with Gasteiger partial charge in [0.05, 0.1) is 25.9 Å². The SMILES string of the molecule is O=C(CCC1CCCC1)N(c1ccc(Cl)c(Cl)c1)c1nc2ccccc2s1. The number of hydrogen-bond donors (Lipinski definition) is 0. The second-order valence-corrected chi connectivity index (χ2v) is 8.80. The van der Waals surface area contributed by atoms with Crippen LogP contribution in [-0.4, -0.2) is 10.9 Å². The molecule has 1 aliphatic carbocycles. The molecule has 2 aromatic carbocycles. The van der Waals surface area contributed by atoms with E-state index in [4.69, 9.17) is 23.2 Å². The van der Waals surface area contributed by atoms with E-state index in [-0.39, 0.29) is 5.91 Å². The summed E-state index contributed by atoms with van der Waals surface area (Å²) in [7, 11) is 0. The van der Waals surface area contributed by atoms with Gasteiger partial charge in [-0.1, -0.05) is 72.4 Å². The Morgan fingerprint density at radius 3 is 2.63 bits per heavy atom. The van der Waals surface area contributed by atoms with Gasteiger partial charge in [0.2, 0.25) is 5.91 Å². The van der Waals surface area contributed by atoms with E-state index in [2.05, 4.69) is 4.98 Å². The Labute approximate surface area is 172 Å². The summed E-state index contributed by atoms with van der Waals surface area (Å²) in [6.07, 6.45) is 6.49. The number of hydrogen-bond acceptors (Lipinski definition) is 3. The Bertz CT molecular complexity index is 933. The average Bonchev–Trinajstić information content (AvgIpc) is 3.32. The lowest BCUT2D eigenvalue weighted by molar-refractivity contribution is -0.118. The summed E-state index contributed by atoms with van der Waals surface area (Å²) in [6.45, 7) is 0. The first kappa shape index (κ1) is 18.7. The first-order valence-electron chi connectivity index (χ1n) is 9.25. The molecule has 0 N–H and O–H groups in total. The predicted octanol–water partition coefficient (Wildman–Crippen LogP) is 7.24. The molecule has 0 saturated heterocycles. The van der Waals surface area contributed by atoms with Crippen molar-refractivity contribution >= 4 is 61.5 Å². The van der Waals surface area contributed by atoms with Crippen LogP contribution in [0, 0.1) is 5.92 Å². The Morgan fingerprint density at radius 2 is 1.89 bits per heavy atom. The van der Waals surface area contributed by atoms with Crippen molar-refractivity contribution in [3.63, 3.8) is 0 Å². The lowest BCUT2D eigenvalue weighted by Gasteiger charge is -2.21. The van der Waals surface area contributed by atoms with Crippen LogP contribution in [0.1, 0.15) is 38.5 Å². The Kier molecular flexibility index (Phi) is 5.67. The molecule has 27 heavy (non-hydrogen) atoms. The van der Waals surface area contributed by atoms with E-state index in [9.17, 15) is 4.79 Å². The van der Waals surface area contributed by atoms with Gasteiger partial charge in [0.15, 0.2) is 5.13 Å². The summed E-state index contributed by atoms with van der Waals surface area (Å²) < 4.78 is 1.06. The lowest BCUT2D eigenvalue weighted by atomic mass is 10.0. The fourth-order valence-corrected chi connectivity index (χ4v) is 4.98. The molecule has 1 amide bonds. The van der Waals surface area contributed by atoms with Crippen molar-refractivity contribution < 1.29 is 4.79 Å². The smallest absolute Gasteiger partial charge is 0.233 e. The monoisotopic (exact) mass is 418 g/mol. The molecule has 1 fully saturated rings. The fourth-order valence-electron chi connectivity index (χ4n) is 3.68. The normalized spacial score (nSPS) is 14.7. The van der Waals surface area contributed by atoms with Crippen molar-refractivity contribution in [2.24, 2.45) is 5.92 Å². The van der Waals surface area contributed by atoms with E-state index in [0.29, 0.717) is 33.2 Å². The van der Waals surface area contributed by atoms with Crippen molar-refractivity contribution in [2.75, 3.05) is 4.90 Å². The van der Waals surface area contributed by atoms with E-state index < -0.39 is 0 Å². The highest BCUT2D eigenvalue weighted by atomic mass is 35.5. The largest absolute Gasteiger partial charge is 0.274 e. The molecule has 0 unspecified atom stereocenters. The van der Waals surface area contributed by atoms with Crippen LogP contribution < -0.4 is 4.90 Å². The molecule has 4 rings (SSSR count). The molecular weight excluding hydrogens is 399 g/mol. The predicted molar refractivity (Wildman–Crippen MR) is 114 cm³/mol. The molecule has 1 saturated carbocycles. The van der Waals surface area contributed by atoms with Gasteiger partial charge in [-0.2, -0.15) is 0 Å². The van der Waals surface area contributed by atoms with Crippen LogP contribution in [0.5, 0.6) is 0 Å². The molecule has 0 spiro atoms. The fraction of sp³-hybridized carbons (Fsp3) is 0.333. The zero-order valence-corrected chi connectivity index (χ0v) is 17.2. The van der Waals surface area contributed by atoms with Crippen LogP contribution in [0.25, 0.3) is 10.2 Å². The summed E-state index contributed by atoms with van der Waals surface area (Å²) >= 11 is 13.8. The van der Waals surface area contributed by atoms with Gasteiger partial charge in [-0.3, -0.25) is 9.69 Å². The Hall–Kier alpha value is -1.62. The number of aromatic nitrogens is 1. The maximum atomic E-state index is 13.2. The number of thiazole rings is 1. The van der Waals surface area contributed by atoms with Gasteiger partial charge >= 0.3 is 0 Å². The van der Waals surface area contributed by atoms with Gasteiger partial charge in [0.1, 0.15) is 0 Å². The number of halogens is 2. The third kappa shape index (κ3) is 4.13. The highest BCUT2D eigenvalue weighted by molar-refractivity contribution is 7.22. The van der Waals surface area contributed by atoms with Crippen molar-refractivity contribution in [3.8, 4) is 0 Å². The highest BCUT2D eigenvalue weighted by Crippen LogP contribution is 2.37. The summed E-state index contributed by atoms with van der Waals surface area (Å²) in [5.74, 6) is 0.722. The van der Waals surface area contributed by atoms with Crippen LogP contribution >= 0.6 is 34.5 Å². The minimum atomic E-state index is 0.0549. The lowest BCUT2D eigenvalue weighted by Crippen LogP contribution is -2.26. The third-order valence-corrected chi connectivity index (χ3v) is 6.89. The third-order valence-electron chi connectivity index (χ3n) is 5.13. The van der Waals surface area contributed by atoms with Gasteiger partial charge in [0.25, 0.3) is 0 Å². The molecule has 140 valence electrons. The van der Waals surface area contributed by atoms with Crippen LogP contribution in [0.4, 0.5) is 10.8 Å². The molecule has 0 radical (unpaired) electrons. The summed E-state index contributed by atoms with van der Waals surface area (Å²) in [4.78, 5) is 19.6. The number of carbonyl (C=O) groups excluding carboxylic acids is 1. The van der Waals surface area contributed by atoms with Gasteiger partial charge in [-0.15, -0.1) is 0 Å². The Balaban J connectivity index is 1.67. The van der Waals surface area contributed by atoms with Crippen LogP contribution in [-0.2, 0) is 4.79 Å². The summed E-state index contributed by atoms with van der Waals surface area (Å²) in [6, 6.07) is 13.2. The zero-order valence-electron chi connectivity index (χ0n) is 14.8. The Morgan fingerprint density at radius 1 is 1.11 bits per heavy atom. The van der Waals surface area contributed by atoms with E-state index in [1.165, 1.54) is 37.0 Å². The van der Waals surface area contributed by atoms with E-state index in [1.54, 1.807) is 17.0 Å². The second-order valence-electron chi connectivity index (χ2n) is 6.98. The molecular formula is C21H20Cl2N2OS. The number of nitrogens with zero attached hydrogens (tertiary/aromatic N) is 2. The molecule has 3 nitrogen and oxygen atoms in total. The number of benzene rings is 2. The average molecular weight is 419 g/mol. The van der Waals surface area contributed by atoms with Crippen LogP contribution in [0.2, 0.25) is 10.0 Å². The van der Waals surface area contributed by atoms with Crippen molar-refractivity contribution in [1.29, 1.82) is 0 Å². The zero-order chi connectivity index (χ0) is 18.8. The molecule has 3 aromatic rings. The van der Waals surface area contributed by atoms with E-state index >= 15 is 0 Å². The maximum Gasteiger partial charge on any atom is 0.233 e. The second kappa shape index (κ2) is 8.17. The molecule has 0 aliphatic heterocycles. The van der Waals surface area contributed by atoms with Crippen molar-refractivity contribution in [3.05, 3.63) is 52.5 Å². The van der Waals surface area contributed by atoms with Crippen molar-refractivity contribution in [2.45, 2.75) is 38.5 Å². The van der Waals surface area contributed by atoms with E-state index in [1.807, 2.05) is 30.3 Å². The van der Waals surface area contributed by atoms with Gasteiger partial charge in [-0.25, -0.2) is 4.98 Å².